The molecule has 0 bridgehead atoms. The zero-order chi connectivity index (χ0) is 10.9. The molecule has 0 heterocycles. The predicted molar refractivity (Wildman–Crippen MR) is 55.8 cm³/mol. The number of benzene rings is 1. The number of carbonyl (C=O) groups is 1. The molecule has 14 heavy (non-hydrogen) atoms. The maximum atomic E-state index is 11.2. The van der Waals surface area contributed by atoms with Crippen molar-refractivity contribution < 1.29 is 9.72 Å². The summed E-state index contributed by atoms with van der Waals surface area (Å²) in [4.78, 5) is 21.1. The summed E-state index contributed by atoms with van der Waals surface area (Å²) in [5.41, 5.74) is -0.240. The Balaban J connectivity index is 3.53. The maximum Gasteiger partial charge on any atom is 0.281 e. The van der Waals surface area contributed by atoms with Crippen molar-refractivity contribution in [3.63, 3.8) is 0 Å². The number of hydrogen-bond donors (Lipinski definition) is 0. The third-order valence-electron chi connectivity index (χ3n) is 1.62. The van der Waals surface area contributed by atoms with Gasteiger partial charge in [-0.25, -0.2) is 0 Å². The van der Waals surface area contributed by atoms with Crippen molar-refractivity contribution in [2.75, 3.05) is 0 Å². The van der Waals surface area contributed by atoms with Crippen LogP contribution in [0.5, 0.6) is 0 Å². The molecule has 74 valence electrons. The van der Waals surface area contributed by atoms with Gasteiger partial charge in [-0.05, 0) is 28.9 Å². The molecule has 1 rings (SSSR count). The number of nitro benzene ring substituents is 1. The van der Waals surface area contributed by atoms with Crippen LogP contribution in [0.4, 0.5) is 5.69 Å². The van der Waals surface area contributed by atoms with Crippen LogP contribution in [0, 0.1) is 10.1 Å². The van der Waals surface area contributed by atoms with E-state index in [1.807, 2.05) is 0 Å². The molecular weight excluding hydrogens is 273 g/mol. The van der Waals surface area contributed by atoms with E-state index in [-0.39, 0.29) is 20.7 Å². The zero-order valence-electron chi connectivity index (χ0n) is 7.08. The van der Waals surface area contributed by atoms with E-state index in [9.17, 15) is 14.9 Å². The van der Waals surface area contributed by atoms with Crippen molar-refractivity contribution >= 4 is 39.0 Å². The summed E-state index contributed by atoms with van der Waals surface area (Å²) in [5.74, 6) is -0.397. The van der Waals surface area contributed by atoms with Crippen LogP contribution in [0.3, 0.4) is 0 Å². The van der Waals surface area contributed by atoms with Gasteiger partial charge in [0.05, 0.1) is 14.4 Å². The summed E-state index contributed by atoms with van der Waals surface area (Å²) in [6.45, 7) is 1.25. The number of ketones is 1. The van der Waals surface area contributed by atoms with Crippen LogP contribution in [-0.4, -0.2) is 10.7 Å². The standard InChI is InChI=1S/C8H5BrClNO3/c1-4(12)7-6(11(13)14)3-2-5(10)8(7)9/h2-3H,1H3. The van der Waals surface area contributed by atoms with Crippen molar-refractivity contribution in [1.29, 1.82) is 0 Å². The molecule has 0 N–H and O–H groups in total. The summed E-state index contributed by atoms with van der Waals surface area (Å²) in [7, 11) is 0. The molecule has 0 radical (unpaired) electrons. The highest BCUT2D eigenvalue weighted by molar-refractivity contribution is 9.10. The summed E-state index contributed by atoms with van der Waals surface area (Å²) >= 11 is 8.76. The molecule has 0 aromatic heterocycles. The van der Waals surface area contributed by atoms with Crippen LogP contribution in [0.1, 0.15) is 17.3 Å². The molecule has 1 aromatic rings. The van der Waals surface area contributed by atoms with Crippen molar-refractivity contribution in [1.82, 2.24) is 0 Å². The highest BCUT2D eigenvalue weighted by atomic mass is 79.9. The second kappa shape index (κ2) is 4.06. The van der Waals surface area contributed by atoms with Crippen molar-refractivity contribution in [2.24, 2.45) is 0 Å². The first kappa shape index (κ1) is 11.1. The molecule has 0 atom stereocenters. The van der Waals surface area contributed by atoms with Crippen molar-refractivity contribution in [3.05, 3.63) is 37.3 Å². The van der Waals surface area contributed by atoms with E-state index in [0.29, 0.717) is 0 Å². The lowest BCUT2D eigenvalue weighted by Gasteiger charge is -2.03. The minimum absolute atomic E-state index is 0.00231. The molecule has 0 saturated heterocycles. The number of hydrogen-bond acceptors (Lipinski definition) is 3. The number of rotatable bonds is 2. The maximum absolute atomic E-state index is 11.2. The molecule has 0 aliphatic heterocycles. The number of halogens is 2. The molecule has 0 spiro atoms. The molecule has 0 saturated carbocycles. The third kappa shape index (κ3) is 1.93. The number of nitro groups is 1. The fraction of sp³-hybridized carbons (Fsp3) is 0.125. The van der Waals surface area contributed by atoms with E-state index in [2.05, 4.69) is 15.9 Å². The Bertz CT molecular complexity index is 419. The van der Waals surface area contributed by atoms with Gasteiger partial charge in [0.15, 0.2) is 5.78 Å². The largest absolute Gasteiger partial charge is 0.294 e. The minimum Gasteiger partial charge on any atom is -0.294 e. The van der Waals surface area contributed by atoms with Crippen LogP contribution in [0.25, 0.3) is 0 Å². The van der Waals surface area contributed by atoms with Gasteiger partial charge >= 0.3 is 0 Å². The van der Waals surface area contributed by atoms with Crippen LogP contribution in [-0.2, 0) is 0 Å². The van der Waals surface area contributed by atoms with Gasteiger partial charge in [0.1, 0.15) is 5.56 Å². The van der Waals surface area contributed by atoms with E-state index in [1.54, 1.807) is 0 Å². The number of Topliss-reactive ketones (excluding diaryl/α,β-unsaturated/α-hetero) is 1. The Hall–Kier alpha value is -0.940. The van der Waals surface area contributed by atoms with E-state index in [0.717, 1.165) is 0 Å². The Kier molecular flexibility index (Phi) is 3.23. The molecule has 4 nitrogen and oxygen atoms in total. The quantitative estimate of drug-likeness (QED) is 0.474. The minimum atomic E-state index is -0.613. The summed E-state index contributed by atoms with van der Waals surface area (Å²) in [6.07, 6.45) is 0. The van der Waals surface area contributed by atoms with Gasteiger partial charge in [-0.3, -0.25) is 14.9 Å². The Morgan fingerprint density at radius 2 is 2.14 bits per heavy atom. The second-order valence-corrected chi connectivity index (χ2v) is 3.77. The van der Waals surface area contributed by atoms with Crippen LogP contribution < -0.4 is 0 Å². The van der Waals surface area contributed by atoms with Crippen LogP contribution in [0.2, 0.25) is 5.02 Å². The molecule has 0 fully saturated rings. The first-order valence-corrected chi connectivity index (χ1v) is 4.75. The molecule has 0 unspecified atom stereocenters. The first-order valence-electron chi connectivity index (χ1n) is 3.58. The zero-order valence-corrected chi connectivity index (χ0v) is 9.42. The highest BCUT2D eigenvalue weighted by Crippen LogP contribution is 2.33. The van der Waals surface area contributed by atoms with E-state index in [1.165, 1.54) is 19.1 Å². The SMILES string of the molecule is CC(=O)c1c([N+](=O)[O-])ccc(Cl)c1Br. The van der Waals surface area contributed by atoms with E-state index < -0.39 is 10.7 Å². The topological polar surface area (TPSA) is 60.2 Å². The lowest BCUT2D eigenvalue weighted by atomic mass is 10.1. The third-order valence-corrected chi connectivity index (χ3v) is 2.99. The summed E-state index contributed by atoms with van der Waals surface area (Å²) < 4.78 is 0.265. The lowest BCUT2D eigenvalue weighted by molar-refractivity contribution is -0.385. The fourth-order valence-electron chi connectivity index (χ4n) is 1.03. The highest BCUT2D eigenvalue weighted by Gasteiger charge is 2.21. The van der Waals surface area contributed by atoms with Crippen LogP contribution in [0.15, 0.2) is 16.6 Å². The van der Waals surface area contributed by atoms with Gasteiger partial charge in [0.25, 0.3) is 5.69 Å². The number of carbonyl (C=O) groups excluding carboxylic acids is 1. The average molecular weight is 278 g/mol. The predicted octanol–water partition coefficient (Wildman–Crippen LogP) is 3.21. The lowest BCUT2D eigenvalue weighted by Crippen LogP contribution is -2.01. The smallest absolute Gasteiger partial charge is 0.281 e. The monoisotopic (exact) mass is 277 g/mol. The van der Waals surface area contributed by atoms with Gasteiger partial charge in [-0.1, -0.05) is 11.6 Å². The van der Waals surface area contributed by atoms with E-state index >= 15 is 0 Å². The summed E-state index contributed by atoms with van der Waals surface area (Å²) in [5, 5.41) is 10.9. The van der Waals surface area contributed by atoms with Crippen molar-refractivity contribution in [3.8, 4) is 0 Å². The molecule has 0 aliphatic rings. The normalized spacial score (nSPS) is 9.93. The first-order chi connectivity index (χ1) is 6.45. The van der Waals surface area contributed by atoms with E-state index in [4.69, 9.17) is 11.6 Å². The molecule has 1 aromatic carbocycles. The Labute approximate surface area is 93.1 Å². The molecule has 0 aliphatic carbocycles. The molecular formula is C8H5BrClNO3. The molecule has 6 heteroatoms. The molecule has 0 amide bonds. The van der Waals surface area contributed by atoms with Gasteiger partial charge in [-0.15, -0.1) is 0 Å². The Morgan fingerprint density at radius 3 is 2.57 bits per heavy atom. The summed E-state index contributed by atoms with van der Waals surface area (Å²) in [6, 6.07) is 2.58. The average Bonchev–Trinajstić information content (AvgIpc) is 2.08. The van der Waals surface area contributed by atoms with Crippen molar-refractivity contribution in [2.45, 2.75) is 6.92 Å². The number of nitrogens with zero attached hydrogens (tertiary/aromatic N) is 1. The second-order valence-electron chi connectivity index (χ2n) is 2.57. The fourth-order valence-corrected chi connectivity index (χ4v) is 1.80. The Morgan fingerprint density at radius 1 is 1.57 bits per heavy atom. The van der Waals surface area contributed by atoms with Crippen LogP contribution >= 0.6 is 27.5 Å². The van der Waals surface area contributed by atoms with Gasteiger partial charge < -0.3 is 0 Å². The van der Waals surface area contributed by atoms with Gasteiger partial charge in [0, 0.05) is 6.07 Å². The van der Waals surface area contributed by atoms with Gasteiger partial charge in [-0.2, -0.15) is 0 Å². The van der Waals surface area contributed by atoms with Gasteiger partial charge in [0.2, 0.25) is 0 Å².